The lowest BCUT2D eigenvalue weighted by atomic mass is 9.74. The number of hydrogen-bond donors (Lipinski definition) is 0. The van der Waals surface area contributed by atoms with Gasteiger partial charge in [0.1, 0.15) is 0 Å². The highest BCUT2D eigenvalue weighted by molar-refractivity contribution is 7.26. The van der Waals surface area contributed by atoms with Crippen LogP contribution in [0.15, 0.2) is 200 Å². The molecule has 3 atom stereocenters. The molecule has 2 nitrogen and oxygen atoms in total. The number of thiophene rings is 1. The lowest BCUT2D eigenvalue weighted by molar-refractivity contribution is 0.579. The summed E-state index contributed by atoms with van der Waals surface area (Å²) in [6, 6.07) is 59.4. The Hall–Kier alpha value is -6.55. The monoisotopic (exact) mass is 762 g/mol. The molecule has 2 aromatic heterocycles. The van der Waals surface area contributed by atoms with Gasteiger partial charge in [-0.15, -0.1) is 11.3 Å². The lowest BCUT2D eigenvalue weighted by Crippen LogP contribution is -2.27. The van der Waals surface area contributed by atoms with Crippen LogP contribution in [0.25, 0.3) is 53.7 Å². The van der Waals surface area contributed by atoms with Gasteiger partial charge < -0.3 is 4.90 Å². The van der Waals surface area contributed by atoms with Crippen molar-refractivity contribution in [1.29, 1.82) is 0 Å². The summed E-state index contributed by atoms with van der Waals surface area (Å²) in [4.78, 5) is 7.83. The van der Waals surface area contributed by atoms with E-state index in [1.54, 1.807) is 0 Å². The van der Waals surface area contributed by atoms with E-state index in [2.05, 4.69) is 213 Å². The molecular formula is C55H42N2S. The second-order valence-electron chi connectivity index (χ2n) is 16.1. The summed E-state index contributed by atoms with van der Waals surface area (Å²) in [5, 5.41) is 2.69. The third-order valence-electron chi connectivity index (χ3n) is 12.7. The number of rotatable bonds is 6. The predicted octanol–water partition coefficient (Wildman–Crippen LogP) is 14.9. The van der Waals surface area contributed by atoms with Gasteiger partial charge in [-0.3, -0.25) is 0 Å². The number of allylic oxidation sites excluding steroid dienone is 8. The molecule has 0 radical (unpaired) electrons. The average molecular weight is 763 g/mol. The molecule has 6 aromatic carbocycles. The second kappa shape index (κ2) is 13.8. The topological polar surface area (TPSA) is 16.1 Å². The van der Waals surface area contributed by atoms with E-state index >= 15 is 0 Å². The molecule has 0 spiro atoms. The summed E-state index contributed by atoms with van der Waals surface area (Å²) >= 11 is 1.94. The fourth-order valence-electron chi connectivity index (χ4n) is 9.74. The number of aromatic nitrogens is 1. The summed E-state index contributed by atoms with van der Waals surface area (Å²) in [7, 11) is 0. The highest BCUT2D eigenvalue weighted by atomic mass is 32.1. The first-order valence-electron chi connectivity index (χ1n) is 20.4. The predicted molar refractivity (Wildman–Crippen MR) is 247 cm³/mol. The third-order valence-corrected chi connectivity index (χ3v) is 13.9. The van der Waals surface area contributed by atoms with E-state index in [1.165, 1.54) is 76.2 Å². The van der Waals surface area contributed by atoms with Crippen molar-refractivity contribution >= 4 is 54.0 Å². The zero-order valence-corrected chi connectivity index (χ0v) is 33.5. The van der Waals surface area contributed by atoms with Gasteiger partial charge in [-0.2, -0.15) is 0 Å². The number of para-hydroxylation sites is 2. The molecule has 3 heterocycles. The van der Waals surface area contributed by atoms with Crippen LogP contribution in [0.3, 0.4) is 0 Å². The Morgan fingerprint density at radius 1 is 0.690 bits per heavy atom. The van der Waals surface area contributed by atoms with Gasteiger partial charge in [0.2, 0.25) is 0 Å². The van der Waals surface area contributed by atoms with E-state index in [0.717, 1.165) is 23.4 Å². The number of anilines is 2. The maximum atomic E-state index is 5.34. The molecule has 0 saturated heterocycles. The number of benzene rings is 6. The Labute approximate surface area is 344 Å². The smallest absolute Gasteiger partial charge is 0.0715 e. The summed E-state index contributed by atoms with van der Waals surface area (Å²) in [6.07, 6.45) is 12.8. The molecule has 1 aliphatic heterocycles. The maximum Gasteiger partial charge on any atom is 0.0715 e. The Morgan fingerprint density at radius 2 is 1.40 bits per heavy atom. The summed E-state index contributed by atoms with van der Waals surface area (Å²) in [5.41, 5.74) is 15.9. The van der Waals surface area contributed by atoms with Crippen LogP contribution in [-0.4, -0.2) is 4.98 Å². The van der Waals surface area contributed by atoms with Crippen molar-refractivity contribution < 1.29 is 0 Å². The zero-order valence-electron chi connectivity index (χ0n) is 32.6. The standard InChI is InChI=1S/C55H42N2S/c1-36-42(23-14-24-43(36)49-34-40(37-17-6-3-7-18-37)33-48(56-49)38-19-8-4-9-20-38)45-26-15-27-46-53-44(25-16-30-51(53)58-54(45)46)39-31-32-55(2)47-28-12-13-29-50(47)57(52(55)35-39)41-21-10-5-11-22-41/h3-31,33-36,42H,32H2,1-2H3. The minimum atomic E-state index is -0.0975. The third kappa shape index (κ3) is 5.56. The lowest BCUT2D eigenvalue weighted by Gasteiger charge is -2.33. The average Bonchev–Trinajstić information content (AvgIpc) is 3.80. The van der Waals surface area contributed by atoms with Gasteiger partial charge in [0, 0.05) is 54.1 Å². The SMILES string of the molecule is CC1C(c2cc(-c3ccccc3)cc(-c3ccccc3)n2)=CC=CC1c1cccc2c1sc1cccc(C3=CCC4(C)C(=C3)N(c3ccccc3)c3ccccc34)c12. The van der Waals surface area contributed by atoms with Gasteiger partial charge in [0.05, 0.1) is 11.4 Å². The van der Waals surface area contributed by atoms with Gasteiger partial charge in [0.15, 0.2) is 0 Å². The summed E-state index contributed by atoms with van der Waals surface area (Å²) in [6.45, 7) is 4.79. The van der Waals surface area contributed by atoms with Crippen LogP contribution < -0.4 is 4.90 Å². The van der Waals surface area contributed by atoms with Crippen LogP contribution in [0.1, 0.15) is 48.6 Å². The molecule has 11 rings (SSSR count). The van der Waals surface area contributed by atoms with Crippen LogP contribution >= 0.6 is 11.3 Å². The Bertz CT molecular complexity index is 2950. The van der Waals surface area contributed by atoms with Crippen molar-refractivity contribution in [3.63, 3.8) is 0 Å². The van der Waals surface area contributed by atoms with Crippen molar-refractivity contribution in [2.45, 2.75) is 31.6 Å². The van der Waals surface area contributed by atoms with Crippen molar-refractivity contribution in [2.24, 2.45) is 5.92 Å². The fourth-order valence-corrected chi connectivity index (χ4v) is 11.0. The van der Waals surface area contributed by atoms with Gasteiger partial charge in [-0.1, -0.05) is 159 Å². The number of nitrogens with zero attached hydrogens (tertiary/aromatic N) is 2. The summed E-state index contributed by atoms with van der Waals surface area (Å²) in [5.74, 6) is 0.426. The van der Waals surface area contributed by atoms with E-state index in [0.29, 0.717) is 0 Å². The van der Waals surface area contributed by atoms with Crippen LogP contribution in [0.4, 0.5) is 11.4 Å². The van der Waals surface area contributed by atoms with Crippen molar-refractivity contribution in [3.05, 3.63) is 222 Å². The number of pyridine rings is 1. The molecular weight excluding hydrogens is 721 g/mol. The molecule has 8 aromatic rings. The maximum absolute atomic E-state index is 5.34. The number of hydrogen-bond acceptors (Lipinski definition) is 3. The van der Waals surface area contributed by atoms with Gasteiger partial charge >= 0.3 is 0 Å². The normalized spacial score (nSPS) is 19.8. The van der Waals surface area contributed by atoms with Crippen LogP contribution in [-0.2, 0) is 5.41 Å². The van der Waals surface area contributed by atoms with Gasteiger partial charge in [0.25, 0.3) is 0 Å². The molecule has 2 aliphatic carbocycles. The van der Waals surface area contributed by atoms with Crippen LogP contribution in [0, 0.1) is 5.92 Å². The molecule has 3 unspecified atom stereocenters. The Morgan fingerprint density at radius 3 is 2.21 bits per heavy atom. The highest BCUT2D eigenvalue weighted by Crippen LogP contribution is 2.56. The zero-order chi connectivity index (χ0) is 38.8. The van der Waals surface area contributed by atoms with Gasteiger partial charge in [-0.25, -0.2) is 4.98 Å². The Kier molecular flexibility index (Phi) is 8.27. The van der Waals surface area contributed by atoms with E-state index in [9.17, 15) is 0 Å². The van der Waals surface area contributed by atoms with Crippen molar-refractivity contribution in [2.75, 3.05) is 4.90 Å². The van der Waals surface area contributed by atoms with E-state index in [1.807, 2.05) is 11.3 Å². The first kappa shape index (κ1) is 34.7. The molecule has 3 aliphatic rings. The van der Waals surface area contributed by atoms with E-state index < -0.39 is 0 Å². The van der Waals surface area contributed by atoms with Crippen molar-refractivity contribution in [3.8, 4) is 22.4 Å². The molecule has 278 valence electrons. The molecule has 0 amide bonds. The Balaban J connectivity index is 0.994. The molecule has 0 saturated carbocycles. The minimum absolute atomic E-state index is 0.0975. The van der Waals surface area contributed by atoms with Gasteiger partial charge in [-0.05, 0) is 101 Å². The van der Waals surface area contributed by atoms with E-state index in [-0.39, 0.29) is 17.3 Å². The largest absolute Gasteiger partial charge is 0.313 e. The molecule has 0 fully saturated rings. The quantitative estimate of drug-likeness (QED) is 0.168. The molecule has 0 bridgehead atoms. The molecule has 3 heteroatoms. The molecule has 0 N–H and O–H groups in total. The fraction of sp³-hybridized carbons (Fsp3) is 0.109. The first-order valence-corrected chi connectivity index (χ1v) is 21.2. The van der Waals surface area contributed by atoms with Crippen LogP contribution in [0.2, 0.25) is 0 Å². The minimum Gasteiger partial charge on any atom is -0.313 e. The van der Waals surface area contributed by atoms with E-state index in [4.69, 9.17) is 4.98 Å². The second-order valence-corrected chi connectivity index (χ2v) is 17.1. The first-order chi connectivity index (χ1) is 28.5. The van der Waals surface area contributed by atoms with Crippen molar-refractivity contribution in [1.82, 2.24) is 4.98 Å². The molecule has 58 heavy (non-hydrogen) atoms. The van der Waals surface area contributed by atoms with Crippen LogP contribution in [0.5, 0.6) is 0 Å². The summed E-state index contributed by atoms with van der Waals surface area (Å²) < 4.78 is 2.70. The number of fused-ring (bicyclic) bond motifs is 6. The highest BCUT2D eigenvalue weighted by Gasteiger charge is 2.45.